The molecule has 0 aromatic heterocycles. The third-order valence-electron chi connectivity index (χ3n) is 12.8. The molecule has 2 heterocycles. The van der Waals surface area contributed by atoms with E-state index in [2.05, 4.69) is 76.2 Å². The maximum absolute atomic E-state index is 7.08. The maximum atomic E-state index is 7.08. The minimum Gasteiger partial charge on any atom is -0.399 e. The summed E-state index contributed by atoms with van der Waals surface area (Å²) in [6.45, 7) is 12.5. The van der Waals surface area contributed by atoms with Crippen LogP contribution in [-0.4, -0.2) is 42.5 Å². The van der Waals surface area contributed by atoms with Crippen molar-refractivity contribution in [2.45, 2.75) is 116 Å². The number of rotatable bonds is 4. The van der Waals surface area contributed by atoms with Gasteiger partial charge in [-0.2, -0.15) is 0 Å². The number of hydrogen-bond acceptors (Lipinski definition) is 6. The molecular weight excluding hydrogens is 512 g/mol. The van der Waals surface area contributed by atoms with Gasteiger partial charge in [0.25, 0.3) is 0 Å². The molecule has 6 heteroatoms. The molecule has 2 saturated heterocycles. The number of benzene rings is 1. The first-order valence-corrected chi connectivity index (χ1v) is 16.1. The van der Waals surface area contributed by atoms with Gasteiger partial charge in [0.05, 0.1) is 30.1 Å². The van der Waals surface area contributed by atoms with Gasteiger partial charge in [0, 0.05) is 29.7 Å². The number of nitrogens with zero attached hydrogens (tertiary/aromatic N) is 1. The van der Waals surface area contributed by atoms with Crippen LogP contribution in [0.2, 0.25) is 0 Å². The van der Waals surface area contributed by atoms with Gasteiger partial charge in [-0.3, -0.25) is 0 Å². The monoisotopic (exact) mass is 562 g/mol. The Kier molecular flexibility index (Phi) is 6.60. The van der Waals surface area contributed by atoms with Crippen molar-refractivity contribution in [3.8, 4) is 0 Å². The summed E-state index contributed by atoms with van der Waals surface area (Å²) in [6.07, 6.45) is 10.2. The number of fused-ring (bicyclic) bond motifs is 7. The summed E-state index contributed by atoms with van der Waals surface area (Å²) in [7, 11) is 1.63. The lowest BCUT2D eigenvalue weighted by atomic mass is 9.44. The van der Waals surface area contributed by atoms with Gasteiger partial charge in [0.15, 0.2) is 5.79 Å². The fourth-order valence-corrected chi connectivity index (χ4v) is 10.7. The van der Waals surface area contributed by atoms with Crippen molar-refractivity contribution in [3.05, 3.63) is 47.5 Å². The van der Waals surface area contributed by atoms with Crippen LogP contribution in [0, 0.1) is 40.4 Å². The van der Waals surface area contributed by atoms with Crippen LogP contribution in [0.4, 0.5) is 0 Å². The van der Waals surface area contributed by atoms with Gasteiger partial charge in [-0.25, -0.2) is 0 Å². The van der Waals surface area contributed by atoms with E-state index in [4.69, 9.17) is 24.8 Å². The number of hydrogen-bond donors (Lipinski definition) is 1. The van der Waals surface area contributed by atoms with Gasteiger partial charge >= 0.3 is 0 Å². The fourth-order valence-electron chi connectivity index (χ4n) is 10.7. The molecule has 2 N–H and O–H groups in total. The lowest BCUT2D eigenvalue weighted by molar-refractivity contribution is -0.246. The molecular formula is C35H50N2O4. The average molecular weight is 563 g/mol. The highest BCUT2D eigenvalue weighted by atomic mass is 16.7. The largest absolute Gasteiger partial charge is 0.399 e. The molecule has 1 spiro atoms. The standard InChI is InChI=1S/C35H50N2O4/c1-21-31-29(40-35(21)15-14-32(2,3)41-35)17-26-24-13-12-23-16-28(37-38-6)27(36)19-33(23,4)25(24)18-30(34(26,31)5)39-20-22-10-8-7-9-11-22/h7-11,17,21,23-25,27,29-31H,12-16,18-20,36H2,1-6H3/b37-28+/t21-,23-,24+,25-,27+,29-,30+,31-,33-,34+,35-/m0/s1. The predicted molar refractivity (Wildman–Crippen MR) is 160 cm³/mol. The van der Waals surface area contributed by atoms with Crippen LogP contribution in [0.1, 0.15) is 85.1 Å². The Bertz CT molecular complexity index is 1230. The van der Waals surface area contributed by atoms with E-state index in [1.165, 1.54) is 18.4 Å². The molecule has 5 fully saturated rings. The highest BCUT2D eigenvalue weighted by Crippen LogP contribution is 2.70. The van der Waals surface area contributed by atoms with Crippen molar-refractivity contribution >= 4 is 5.71 Å². The predicted octanol–water partition coefficient (Wildman–Crippen LogP) is 6.63. The van der Waals surface area contributed by atoms with Gasteiger partial charge in [0.1, 0.15) is 7.11 Å². The molecule has 6 aliphatic rings. The summed E-state index contributed by atoms with van der Waals surface area (Å²) < 4.78 is 20.8. The lowest BCUT2D eigenvalue weighted by Crippen LogP contribution is -2.59. The van der Waals surface area contributed by atoms with Gasteiger partial charge in [-0.15, -0.1) is 0 Å². The zero-order chi connectivity index (χ0) is 28.8. The Hall–Kier alpha value is -1.73. The Morgan fingerprint density at radius 2 is 1.85 bits per heavy atom. The van der Waals surface area contributed by atoms with Crippen molar-refractivity contribution in [2.75, 3.05) is 7.11 Å². The summed E-state index contributed by atoms with van der Waals surface area (Å²) in [5, 5.41) is 4.35. The third-order valence-corrected chi connectivity index (χ3v) is 12.8. The third kappa shape index (κ3) is 4.14. The average Bonchev–Trinajstić information content (AvgIpc) is 3.51. The van der Waals surface area contributed by atoms with Crippen molar-refractivity contribution in [1.29, 1.82) is 0 Å². The second-order valence-electron chi connectivity index (χ2n) is 15.3. The Labute approximate surface area is 246 Å². The quantitative estimate of drug-likeness (QED) is 0.329. The van der Waals surface area contributed by atoms with Crippen LogP contribution in [0.5, 0.6) is 0 Å². The van der Waals surface area contributed by atoms with Crippen LogP contribution < -0.4 is 5.73 Å². The second-order valence-corrected chi connectivity index (χ2v) is 15.3. The van der Waals surface area contributed by atoms with E-state index in [1.54, 1.807) is 12.7 Å². The Balaban J connectivity index is 1.25. The molecule has 6 nitrogen and oxygen atoms in total. The molecule has 1 aromatic carbocycles. The van der Waals surface area contributed by atoms with E-state index in [9.17, 15) is 0 Å². The van der Waals surface area contributed by atoms with Crippen LogP contribution in [0.15, 0.2) is 47.1 Å². The van der Waals surface area contributed by atoms with E-state index in [0.29, 0.717) is 36.2 Å². The van der Waals surface area contributed by atoms with E-state index in [0.717, 1.165) is 37.8 Å². The molecule has 0 unspecified atom stereocenters. The summed E-state index contributed by atoms with van der Waals surface area (Å²) in [4.78, 5) is 5.19. The first-order chi connectivity index (χ1) is 19.5. The van der Waals surface area contributed by atoms with E-state index in [-0.39, 0.29) is 34.7 Å². The molecule has 0 amide bonds. The molecule has 224 valence electrons. The van der Waals surface area contributed by atoms with Gasteiger partial charge in [0.2, 0.25) is 0 Å². The normalized spacial score (nSPS) is 48.9. The number of oxime groups is 1. The minimum absolute atomic E-state index is 0.0463. The van der Waals surface area contributed by atoms with Gasteiger partial charge < -0.3 is 24.8 Å². The zero-order valence-electron chi connectivity index (χ0n) is 25.9. The molecule has 41 heavy (non-hydrogen) atoms. The summed E-state index contributed by atoms with van der Waals surface area (Å²) in [5.41, 5.74) is 10.6. The molecule has 4 aliphatic carbocycles. The number of nitrogens with two attached hydrogens (primary N) is 1. The van der Waals surface area contributed by atoms with Crippen LogP contribution in [-0.2, 0) is 25.7 Å². The van der Waals surface area contributed by atoms with Crippen molar-refractivity contribution < 1.29 is 19.0 Å². The van der Waals surface area contributed by atoms with Crippen molar-refractivity contribution in [3.63, 3.8) is 0 Å². The fraction of sp³-hybridized carbons (Fsp3) is 0.743. The van der Waals surface area contributed by atoms with E-state index >= 15 is 0 Å². The van der Waals surface area contributed by atoms with E-state index in [1.807, 2.05) is 0 Å². The molecule has 11 atom stereocenters. The zero-order valence-corrected chi connectivity index (χ0v) is 25.9. The first-order valence-electron chi connectivity index (χ1n) is 16.1. The number of ether oxygens (including phenoxy) is 3. The summed E-state index contributed by atoms with van der Waals surface area (Å²) in [6, 6.07) is 10.6. The first kappa shape index (κ1) is 28.1. The SMILES string of the molecule is CO/N=C1\C[C@@H]2CC[C@H]3C4=C[C@@H]5O[C@]6(CCC(C)(C)O6)[C@@H](C)[C@@H]5[C@@]4(C)[C@H](OCc4ccccc4)C[C@@H]3[C@@]2(C)C[C@H]1N. The van der Waals surface area contributed by atoms with Crippen LogP contribution >= 0.6 is 0 Å². The minimum atomic E-state index is -0.485. The lowest BCUT2D eigenvalue weighted by Gasteiger charge is -2.61. The summed E-state index contributed by atoms with van der Waals surface area (Å²) >= 11 is 0. The van der Waals surface area contributed by atoms with Gasteiger partial charge in [-0.05, 0) is 81.1 Å². The van der Waals surface area contributed by atoms with Crippen LogP contribution in [0.3, 0.4) is 0 Å². The molecule has 3 saturated carbocycles. The molecule has 7 rings (SSSR count). The Morgan fingerprint density at radius 3 is 2.56 bits per heavy atom. The highest BCUT2D eigenvalue weighted by molar-refractivity contribution is 5.90. The molecule has 0 bridgehead atoms. The van der Waals surface area contributed by atoms with Crippen LogP contribution in [0.25, 0.3) is 0 Å². The topological polar surface area (TPSA) is 75.3 Å². The molecule has 0 radical (unpaired) electrons. The summed E-state index contributed by atoms with van der Waals surface area (Å²) in [5.74, 6) is 1.82. The smallest absolute Gasteiger partial charge is 0.172 e. The van der Waals surface area contributed by atoms with Crippen molar-refractivity contribution in [1.82, 2.24) is 0 Å². The molecule has 1 aromatic rings. The second kappa shape index (κ2) is 9.64. The maximum Gasteiger partial charge on any atom is 0.172 e. The van der Waals surface area contributed by atoms with Crippen molar-refractivity contribution in [2.24, 2.45) is 51.3 Å². The molecule has 2 aliphatic heterocycles. The Morgan fingerprint density at radius 1 is 1.07 bits per heavy atom. The van der Waals surface area contributed by atoms with Gasteiger partial charge in [-0.1, -0.05) is 67.9 Å². The van der Waals surface area contributed by atoms with E-state index < -0.39 is 5.79 Å². The highest BCUT2D eigenvalue weighted by Gasteiger charge is 2.70.